The molecule has 0 aromatic carbocycles. The van der Waals surface area contributed by atoms with E-state index in [1.165, 1.54) is 0 Å². The number of hydrogen-bond donors (Lipinski definition) is 2. The molecule has 1 unspecified atom stereocenters. The van der Waals surface area contributed by atoms with Gasteiger partial charge in [-0.3, -0.25) is 5.10 Å². The highest BCUT2D eigenvalue weighted by molar-refractivity contribution is 5.07. The Bertz CT molecular complexity index is 268. The summed E-state index contributed by atoms with van der Waals surface area (Å²) in [5.74, 6) is 5.68. The van der Waals surface area contributed by atoms with Gasteiger partial charge in [0.2, 0.25) is 0 Å². The fourth-order valence-electron chi connectivity index (χ4n) is 0.944. The molecular formula is C9H12N2O. The monoisotopic (exact) mass is 164 g/mol. The number of nitrogens with one attached hydrogen (secondary N) is 1. The first-order valence-corrected chi connectivity index (χ1v) is 3.91. The number of aromatic amines is 1. The molecule has 1 aromatic rings. The van der Waals surface area contributed by atoms with Crippen LogP contribution in [0, 0.1) is 11.8 Å². The van der Waals surface area contributed by atoms with E-state index in [4.69, 9.17) is 0 Å². The van der Waals surface area contributed by atoms with Gasteiger partial charge in [0.25, 0.3) is 0 Å². The third-order valence-electron chi connectivity index (χ3n) is 1.62. The molecule has 0 saturated carbocycles. The Morgan fingerprint density at radius 3 is 3.17 bits per heavy atom. The highest BCUT2D eigenvalue weighted by Crippen LogP contribution is 2.15. The zero-order chi connectivity index (χ0) is 8.81. The summed E-state index contributed by atoms with van der Waals surface area (Å²) in [5, 5.41) is 15.9. The second kappa shape index (κ2) is 4.58. The van der Waals surface area contributed by atoms with Gasteiger partial charge in [-0.2, -0.15) is 5.10 Å². The summed E-state index contributed by atoms with van der Waals surface area (Å²) < 4.78 is 0. The van der Waals surface area contributed by atoms with Crippen LogP contribution in [0.25, 0.3) is 0 Å². The molecule has 0 bridgehead atoms. The van der Waals surface area contributed by atoms with Crippen molar-refractivity contribution in [1.82, 2.24) is 10.2 Å². The highest BCUT2D eigenvalue weighted by Gasteiger charge is 2.06. The van der Waals surface area contributed by atoms with Crippen molar-refractivity contribution in [3.63, 3.8) is 0 Å². The minimum absolute atomic E-state index is 0.440. The first kappa shape index (κ1) is 8.82. The first-order valence-electron chi connectivity index (χ1n) is 3.91. The summed E-state index contributed by atoms with van der Waals surface area (Å²) in [6, 6.07) is 0. The number of rotatable bonds is 3. The molecule has 3 heteroatoms. The second-order valence-corrected chi connectivity index (χ2v) is 2.51. The third kappa shape index (κ3) is 2.40. The zero-order valence-electron chi connectivity index (χ0n) is 7.04. The maximum absolute atomic E-state index is 9.51. The van der Waals surface area contributed by atoms with Crippen molar-refractivity contribution in [3.8, 4) is 11.8 Å². The van der Waals surface area contributed by atoms with E-state index in [0.717, 1.165) is 12.0 Å². The van der Waals surface area contributed by atoms with Gasteiger partial charge in [0.1, 0.15) is 0 Å². The van der Waals surface area contributed by atoms with E-state index in [2.05, 4.69) is 22.0 Å². The van der Waals surface area contributed by atoms with E-state index in [1.54, 1.807) is 19.3 Å². The first-order chi connectivity index (χ1) is 5.84. The number of nitrogens with zero attached hydrogens (tertiary/aromatic N) is 1. The highest BCUT2D eigenvalue weighted by atomic mass is 16.3. The molecule has 64 valence electrons. The number of H-pyrrole nitrogens is 1. The van der Waals surface area contributed by atoms with Crippen molar-refractivity contribution in [2.45, 2.75) is 25.9 Å². The summed E-state index contributed by atoms with van der Waals surface area (Å²) in [4.78, 5) is 0. The van der Waals surface area contributed by atoms with Crippen molar-refractivity contribution < 1.29 is 5.11 Å². The van der Waals surface area contributed by atoms with E-state index in [0.29, 0.717) is 6.42 Å². The van der Waals surface area contributed by atoms with Crippen LogP contribution in [0.2, 0.25) is 0 Å². The molecule has 0 radical (unpaired) electrons. The topological polar surface area (TPSA) is 48.9 Å². The van der Waals surface area contributed by atoms with Gasteiger partial charge in [-0.05, 0) is 13.3 Å². The molecule has 0 aliphatic heterocycles. The molecule has 0 amide bonds. The molecule has 2 N–H and O–H groups in total. The predicted octanol–water partition coefficient (Wildman–Crippen LogP) is 1.25. The van der Waals surface area contributed by atoms with E-state index < -0.39 is 6.10 Å². The Morgan fingerprint density at radius 2 is 2.58 bits per heavy atom. The van der Waals surface area contributed by atoms with Crippen LogP contribution in [0.1, 0.15) is 31.4 Å². The molecule has 1 aromatic heterocycles. The Kier molecular flexibility index (Phi) is 3.36. The number of aliphatic hydroxyl groups excluding tert-OH is 1. The van der Waals surface area contributed by atoms with Gasteiger partial charge in [-0.25, -0.2) is 0 Å². The predicted molar refractivity (Wildman–Crippen MR) is 46.2 cm³/mol. The maximum atomic E-state index is 9.51. The normalized spacial score (nSPS) is 11.8. The van der Waals surface area contributed by atoms with Crippen molar-refractivity contribution in [2.24, 2.45) is 0 Å². The van der Waals surface area contributed by atoms with Crippen LogP contribution >= 0.6 is 0 Å². The van der Waals surface area contributed by atoms with Crippen LogP contribution in [0.4, 0.5) is 0 Å². The molecule has 0 aliphatic rings. The molecule has 0 saturated heterocycles. The molecule has 1 atom stereocenters. The van der Waals surface area contributed by atoms with Crippen LogP contribution in [0.3, 0.4) is 0 Å². The molecule has 0 fully saturated rings. The number of aromatic nitrogens is 2. The lowest BCUT2D eigenvalue weighted by molar-refractivity contribution is 0.169. The lowest BCUT2D eigenvalue weighted by atomic mass is 10.1. The summed E-state index contributed by atoms with van der Waals surface area (Å²) in [7, 11) is 0. The Balaban J connectivity index is 2.37. The Labute approximate surface area is 71.8 Å². The van der Waals surface area contributed by atoms with Gasteiger partial charge in [0.05, 0.1) is 12.3 Å². The summed E-state index contributed by atoms with van der Waals surface area (Å²) in [5.41, 5.74) is 0.827. The molecule has 3 nitrogen and oxygen atoms in total. The number of hydrogen-bond acceptors (Lipinski definition) is 2. The molecule has 1 rings (SSSR count). The van der Waals surface area contributed by atoms with Crippen molar-refractivity contribution in [1.29, 1.82) is 0 Å². The van der Waals surface area contributed by atoms with Crippen LogP contribution in [0.5, 0.6) is 0 Å². The van der Waals surface area contributed by atoms with Crippen molar-refractivity contribution in [2.75, 3.05) is 0 Å². The smallest absolute Gasteiger partial charge is 0.0829 e. The van der Waals surface area contributed by atoms with Gasteiger partial charge < -0.3 is 5.11 Å². The average Bonchev–Trinajstić information content (AvgIpc) is 2.56. The Hall–Kier alpha value is -1.27. The molecular weight excluding hydrogens is 152 g/mol. The molecule has 0 spiro atoms. The fraction of sp³-hybridized carbons (Fsp3) is 0.444. The quantitative estimate of drug-likeness (QED) is 0.660. The minimum atomic E-state index is -0.440. The lowest BCUT2D eigenvalue weighted by Gasteiger charge is -2.03. The summed E-state index contributed by atoms with van der Waals surface area (Å²) >= 11 is 0. The van der Waals surface area contributed by atoms with Gasteiger partial charge in [-0.1, -0.05) is 0 Å². The van der Waals surface area contributed by atoms with Crippen LogP contribution in [0.15, 0.2) is 12.4 Å². The zero-order valence-corrected chi connectivity index (χ0v) is 7.04. The van der Waals surface area contributed by atoms with Gasteiger partial charge in [0, 0.05) is 18.2 Å². The van der Waals surface area contributed by atoms with Crippen LogP contribution in [-0.2, 0) is 0 Å². The third-order valence-corrected chi connectivity index (χ3v) is 1.62. The van der Waals surface area contributed by atoms with Crippen LogP contribution in [-0.4, -0.2) is 15.3 Å². The van der Waals surface area contributed by atoms with E-state index in [1.807, 2.05) is 0 Å². The maximum Gasteiger partial charge on any atom is 0.0829 e. The van der Waals surface area contributed by atoms with Gasteiger partial charge >= 0.3 is 0 Å². The van der Waals surface area contributed by atoms with Crippen LogP contribution < -0.4 is 0 Å². The van der Waals surface area contributed by atoms with Gasteiger partial charge in [0.15, 0.2) is 0 Å². The molecule has 12 heavy (non-hydrogen) atoms. The largest absolute Gasteiger partial charge is 0.388 e. The van der Waals surface area contributed by atoms with E-state index >= 15 is 0 Å². The Morgan fingerprint density at radius 1 is 1.75 bits per heavy atom. The number of aliphatic hydroxyl groups is 1. The standard InChI is InChI=1S/C9H12N2O/c1-2-3-4-5-9(12)8-6-10-11-7-8/h6-7,9,12H,4-5H2,1H3,(H,10,11). The van der Waals surface area contributed by atoms with Gasteiger partial charge in [-0.15, -0.1) is 11.8 Å². The minimum Gasteiger partial charge on any atom is -0.388 e. The second-order valence-electron chi connectivity index (χ2n) is 2.51. The lowest BCUT2D eigenvalue weighted by Crippen LogP contribution is -1.94. The van der Waals surface area contributed by atoms with Crippen molar-refractivity contribution >= 4 is 0 Å². The SMILES string of the molecule is CC#CCCC(O)c1cn[nH]c1. The van der Waals surface area contributed by atoms with E-state index in [-0.39, 0.29) is 0 Å². The average molecular weight is 164 g/mol. The molecule has 0 aliphatic carbocycles. The molecule has 1 heterocycles. The van der Waals surface area contributed by atoms with Crippen molar-refractivity contribution in [3.05, 3.63) is 18.0 Å². The fourth-order valence-corrected chi connectivity index (χ4v) is 0.944. The van der Waals surface area contributed by atoms with E-state index in [9.17, 15) is 5.11 Å². The summed E-state index contributed by atoms with van der Waals surface area (Å²) in [6.07, 6.45) is 4.28. The summed E-state index contributed by atoms with van der Waals surface area (Å²) in [6.45, 7) is 1.80.